The average Bonchev–Trinajstić information content (AvgIpc) is 3.12. The van der Waals surface area contributed by atoms with Crippen LogP contribution in [0, 0.1) is 16.0 Å². The van der Waals surface area contributed by atoms with E-state index >= 15 is 0 Å². The summed E-state index contributed by atoms with van der Waals surface area (Å²) < 4.78 is 13.4. The number of carbonyl (C=O) groups is 1. The molecule has 2 heterocycles. The summed E-state index contributed by atoms with van der Waals surface area (Å²) in [5, 5.41) is 23.6. The van der Waals surface area contributed by atoms with Gasteiger partial charge in [-0.05, 0) is 39.9 Å². The highest BCUT2D eigenvalue weighted by Crippen LogP contribution is 2.42. The number of hydrogen-bond acceptors (Lipinski definition) is 8. The first-order valence-corrected chi connectivity index (χ1v) is 16.4. The van der Waals surface area contributed by atoms with Crippen molar-refractivity contribution >= 4 is 17.3 Å². The molecule has 0 aromatic heterocycles. The van der Waals surface area contributed by atoms with Crippen molar-refractivity contribution in [1.29, 1.82) is 0 Å². The van der Waals surface area contributed by atoms with Gasteiger partial charge in [-0.2, -0.15) is 0 Å². The molecular formula is C38H42N4O6. The maximum Gasteiger partial charge on any atom is 0.269 e. The van der Waals surface area contributed by atoms with E-state index in [1.165, 1.54) is 6.92 Å². The number of hydrogen-bond donors (Lipinski definition) is 2. The van der Waals surface area contributed by atoms with Crippen LogP contribution in [0.5, 0.6) is 0 Å². The molecule has 4 aromatic carbocycles. The minimum atomic E-state index is -0.571. The van der Waals surface area contributed by atoms with E-state index in [1.54, 1.807) is 12.1 Å². The Morgan fingerprint density at radius 3 is 2.21 bits per heavy atom. The normalized spacial score (nSPS) is 21.5. The monoisotopic (exact) mass is 650 g/mol. The summed E-state index contributed by atoms with van der Waals surface area (Å²) in [7, 11) is 0. The second-order valence-corrected chi connectivity index (χ2v) is 12.6. The minimum absolute atomic E-state index is 0.0120. The highest BCUT2D eigenvalue weighted by atomic mass is 16.7. The summed E-state index contributed by atoms with van der Waals surface area (Å²) in [5.41, 5.74) is 7.06. The molecule has 10 heteroatoms. The number of nitrogens with zero attached hydrogens (tertiary/aromatic N) is 3. The number of carbonyl (C=O) groups excluding carboxylic acids is 1. The van der Waals surface area contributed by atoms with Gasteiger partial charge in [0.05, 0.1) is 23.7 Å². The number of piperazine rings is 1. The lowest BCUT2D eigenvalue weighted by Gasteiger charge is -2.44. The molecule has 2 fully saturated rings. The Morgan fingerprint density at radius 1 is 0.896 bits per heavy atom. The van der Waals surface area contributed by atoms with Crippen LogP contribution in [0.25, 0.3) is 11.1 Å². The molecule has 4 atom stereocenters. The number of amides is 1. The number of nitrogens with one attached hydrogen (secondary N) is 1. The smallest absolute Gasteiger partial charge is 0.269 e. The molecule has 2 aliphatic heterocycles. The Bertz CT molecular complexity index is 1690. The van der Waals surface area contributed by atoms with Crippen molar-refractivity contribution in [3.05, 3.63) is 129 Å². The quantitative estimate of drug-likeness (QED) is 0.159. The molecule has 2 N–H and O–H groups in total. The molecule has 0 spiro atoms. The Kier molecular flexibility index (Phi) is 10.5. The third-order valence-electron chi connectivity index (χ3n) is 9.40. The lowest BCUT2D eigenvalue weighted by atomic mass is 9.89. The van der Waals surface area contributed by atoms with Gasteiger partial charge in [-0.1, -0.05) is 79.7 Å². The predicted molar refractivity (Wildman–Crippen MR) is 184 cm³/mol. The minimum Gasteiger partial charge on any atom is -0.392 e. The summed E-state index contributed by atoms with van der Waals surface area (Å²) in [5.74, 6) is -0.00342. The van der Waals surface area contributed by atoms with Crippen LogP contribution in [0.2, 0.25) is 0 Å². The second kappa shape index (κ2) is 15.1. The third-order valence-corrected chi connectivity index (χ3v) is 9.40. The Hall–Kier alpha value is -4.61. The number of rotatable bonds is 10. The molecule has 1 amide bonds. The van der Waals surface area contributed by atoms with Crippen molar-refractivity contribution in [3.63, 3.8) is 0 Å². The molecule has 4 aromatic rings. The van der Waals surface area contributed by atoms with Gasteiger partial charge in [0.1, 0.15) is 0 Å². The lowest BCUT2D eigenvalue weighted by molar-refractivity contribution is -0.384. The Labute approximate surface area is 281 Å². The number of non-ortho nitro benzene ring substituents is 1. The van der Waals surface area contributed by atoms with Gasteiger partial charge in [0.2, 0.25) is 5.91 Å². The van der Waals surface area contributed by atoms with Gasteiger partial charge < -0.3 is 24.8 Å². The van der Waals surface area contributed by atoms with E-state index in [0.29, 0.717) is 6.54 Å². The second-order valence-electron chi connectivity index (χ2n) is 12.6. The van der Waals surface area contributed by atoms with E-state index < -0.39 is 6.29 Å². The molecular weight excluding hydrogens is 608 g/mol. The van der Waals surface area contributed by atoms with Crippen LogP contribution in [0.4, 0.5) is 11.4 Å². The predicted octanol–water partition coefficient (Wildman–Crippen LogP) is 6.00. The number of ether oxygens (including phenoxy) is 2. The summed E-state index contributed by atoms with van der Waals surface area (Å²) >= 11 is 0. The number of anilines is 1. The number of aliphatic hydroxyl groups is 1. The van der Waals surface area contributed by atoms with Crippen molar-refractivity contribution in [1.82, 2.24) is 10.2 Å². The molecule has 2 aliphatic rings. The van der Waals surface area contributed by atoms with Crippen LogP contribution >= 0.6 is 0 Å². The van der Waals surface area contributed by atoms with Gasteiger partial charge in [-0.3, -0.25) is 19.8 Å². The maximum absolute atomic E-state index is 11.5. The van der Waals surface area contributed by atoms with Crippen molar-refractivity contribution < 1.29 is 24.3 Å². The molecule has 0 bridgehead atoms. The average molecular weight is 651 g/mol. The Morgan fingerprint density at radius 2 is 1.56 bits per heavy atom. The third kappa shape index (κ3) is 7.74. The highest BCUT2D eigenvalue weighted by molar-refractivity contribution is 5.74. The Balaban J connectivity index is 1.18. The van der Waals surface area contributed by atoms with Crippen LogP contribution in [0.1, 0.15) is 48.5 Å². The summed E-state index contributed by atoms with van der Waals surface area (Å²) in [6.45, 7) is 8.21. The van der Waals surface area contributed by atoms with Gasteiger partial charge in [0.25, 0.3) is 5.69 Å². The van der Waals surface area contributed by atoms with Crippen molar-refractivity contribution in [2.75, 3.05) is 37.6 Å². The largest absolute Gasteiger partial charge is 0.392 e. The maximum atomic E-state index is 11.5. The van der Waals surface area contributed by atoms with Crippen molar-refractivity contribution in [2.24, 2.45) is 5.92 Å². The lowest BCUT2D eigenvalue weighted by Crippen LogP contribution is -2.51. The summed E-state index contributed by atoms with van der Waals surface area (Å²) in [6.07, 6.45) is -0.880. The number of nitro benzene ring substituents is 1. The SMILES string of the molecule is CC(=O)NCc1ccccc1-c1ccc(C2OC(CN3CCN(c4ccc([N+](=O)[O-])cc4)CC3)C(C)C(c3ccc(CO)cc3)O2)cc1. The van der Waals surface area contributed by atoms with Crippen LogP contribution in [0.3, 0.4) is 0 Å². The van der Waals surface area contributed by atoms with Gasteiger partial charge in [-0.25, -0.2) is 0 Å². The van der Waals surface area contributed by atoms with Gasteiger partial charge in [0.15, 0.2) is 6.29 Å². The molecule has 250 valence electrons. The zero-order valence-electron chi connectivity index (χ0n) is 27.3. The first-order valence-electron chi connectivity index (χ1n) is 16.4. The van der Waals surface area contributed by atoms with Crippen LogP contribution in [-0.2, 0) is 27.4 Å². The molecule has 6 rings (SSSR count). The van der Waals surface area contributed by atoms with Crippen molar-refractivity contribution in [2.45, 2.75) is 45.5 Å². The van der Waals surface area contributed by atoms with Crippen LogP contribution < -0.4 is 10.2 Å². The first kappa shape index (κ1) is 33.3. The molecule has 0 saturated carbocycles. The van der Waals surface area contributed by atoms with E-state index in [9.17, 15) is 20.0 Å². The summed E-state index contributed by atoms with van der Waals surface area (Å²) in [4.78, 5) is 26.9. The van der Waals surface area contributed by atoms with E-state index in [-0.39, 0.29) is 41.3 Å². The molecule has 0 radical (unpaired) electrons. The fraction of sp³-hybridized carbons (Fsp3) is 0.342. The van der Waals surface area contributed by atoms with Gasteiger partial charge >= 0.3 is 0 Å². The van der Waals surface area contributed by atoms with E-state index in [0.717, 1.165) is 71.8 Å². The number of aliphatic hydroxyl groups excluding tert-OH is 1. The van der Waals surface area contributed by atoms with E-state index in [1.807, 2.05) is 54.6 Å². The van der Waals surface area contributed by atoms with Crippen molar-refractivity contribution in [3.8, 4) is 11.1 Å². The first-order chi connectivity index (χ1) is 23.3. The summed E-state index contributed by atoms with van der Waals surface area (Å²) in [6, 6.07) is 31.0. The molecule has 0 aliphatic carbocycles. The topological polar surface area (TPSA) is 117 Å². The molecule has 48 heavy (non-hydrogen) atoms. The molecule has 10 nitrogen and oxygen atoms in total. The van der Waals surface area contributed by atoms with Crippen LogP contribution in [0.15, 0.2) is 97.1 Å². The fourth-order valence-electron chi connectivity index (χ4n) is 6.55. The van der Waals surface area contributed by atoms with E-state index in [2.05, 4.69) is 52.4 Å². The number of benzene rings is 4. The zero-order chi connectivity index (χ0) is 33.6. The standard InChI is InChI=1S/C38H42N4O6/c1-26-36(24-40-19-21-41(22-20-40)33-15-17-34(18-16-33)42(45)46)47-38(48-37(26)30-9-7-28(25-43)8-10-30)31-13-11-29(12-14-31)35-6-4-3-5-32(35)23-39-27(2)44/h3-18,26,36-38,43H,19-25H2,1-2H3,(H,39,44). The highest BCUT2D eigenvalue weighted by Gasteiger charge is 2.39. The van der Waals surface area contributed by atoms with E-state index in [4.69, 9.17) is 9.47 Å². The fourth-order valence-corrected chi connectivity index (χ4v) is 6.55. The molecule has 2 saturated heterocycles. The molecule has 4 unspecified atom stereocenters. The van der Waals surface area contributed by atoms with Gasteiger partial charge in [-0.15, -0.1) is 0 Å². The van der Waals surface area contributed by atoms with Crippen LogP contribution in [-0.4, -0.2) is 59.7 Å². The zero-order valence-corrected chi connectivity index (χ0v) is 27.3. The van der Waals surface area contributed by atoms with Gasteiger partial charge in [0, 0.05) is 75.5 Å². The number of nitro groups is 1.